The first-order valence-corrected chi connectivity index (χ1v) is 8.40. The molecule has 0 aromatic heterocycles. The zero-order valence-corrected chi connectivity index (χ0v) is 15.2. The molecule has 0 saturated heterocycles. The maximum atomic E-state index is 12.2. The summed E-state index contributed by atoms with van der Waals surface area (Å²) in [7, 11) is 3.41. The van der Waals surface area contributed by atoms with Gasteiger partial charge in [-0.05, 0) is 37.2 Å². The molecule has 2 amide bonds. The molecule has 6 nitrogen and oxygen atoms in total. The van der Waals surface area contributed by atoms with Gasteiger partial charge in [0.25, 0.3) is 0 Å². The smallest absolute Gasteiger partial charge is 0.238 e. The first-order valence-electron chi connectivity index (χ1n) is 8.40. The Labute approximate surface area is 144 Å². The van der Waals surface area contributed by atoms with Gasteiger partial charge in [-0.15, -0.1) is 0 Å². The molecule has 1 aromatic rings. The topological polar surface area (TPSA) is 61.9 Å². The quantitative estimate of drug-likeness (QED) is 0.712. The summed E-state index contributed by atoms with van der Waals surface area (Å²) in [5.74, 6) is 0.650. The largest absolute Gasteiger partial charge is 0.497 e. The van der Waals surface area contributed by atoms with Crippen LogP contribution >= 0.6 is 0 Å². The second-order valence-corrected chi connectivity index (χ2v) is 5.75. The fourth-order valence-corrected chi connectivity index (χ4v) is 2.19. The number of rotatable bonds is 10. The summed E-state index contributed by atoms with van der Waals surface area (Å²) in [6.07, 6.45) is 2.05. The Morgan fingerprint density at radius 1 is 1.12 bits per heavy atom. The molecule has 0 bridgehead atoms. The van der Waals surface area contributed by atoms with Gasteiger partial charge in [-0.3, -0.25) is 14.5 Å². The SMILES string of the molecule is CCCCN(C)C(=O)CN(CC)CC(=O)Nc1ccc(OC)cc1. The van der Waals surface area contributed by atoms with E-state index >= 15 is 0 Å². The van der Waals surface area contributed by atoms with Crippen molar-refractivity contribution < 1.29 is 14.3 Å². The highest BCUT2D eigenvalue weighted by atomic mass is 16.5. The van der Waals surface area contributed by atoms with Crippen LogP contribution in [0.4, 0.5) is 5.69 Å². The highest BCUT2D eigenvalue weighted by Gasteiger charge is 2.15. The molecule has 1 rings (SSSR count). The number of carbonyl (C=O) groups is 2. The van der Waals surface area contributed by atoms with Crippen molar-refractivity contribution in [3.05, 3.63) is 24.3 Å². The Balaban J connectivity index is 2.48. The van der Waals surface area contributed by atoms with E-state index < -0.39 is 0 Å². The molecular formula is C18H29N3O3. The van der Waals surface area contributed by atoms with E-state index in [9.17, 15) is 9.59 Å². The maximum absolute atomic E-state index is 12.2. The van der Waals surface area contributed by atoms with Crippen LogP contribution in [0, 0.1) is 0 Å². The van der Waals surface area contributed by atoms with E-state index in [1.807, 2.05) is 18.9 Å². The minimum Gasteiger partial charge on any atom is -0.497 e. The van der Waals surface area contributed by atoms with Gasteiger partial charge in [0.05, 0.1) is 20.2 Å². The van der Waals surface area contributed by atoms with Gasteiger partial charge < -0.3 is 15.0 Å². The van der Waals surface area contributed by atoms with Crippen LogP contribution in [0.1, 0.15) is 26.7 Å². The van der Waals surface area contributed by atoms with Crippen LogP contribution in [-0.4, -0.2) is 62.0 Å². The van der Waals surface area contributed by atoms with Crippen molar-refractivity contribution >= 4 is 17.5 Å². The zero-order chi connectivity index (χ0) is 17.9. The van der Waals surface area contributed by atoms with Crippen LogP contribution in [0.5, 0.6) is 5.75 Å². The highest BCUT2D eigenvalue weighted by molar-refractivity contribution is 5.92. The molecule has 0 radical (unpaired) electrons. The molecule has 0 spiro atoms. The number of ether oxygens (including phenoxy) is 1. The fourth-order valence-electron chi connectivity index (χ4n) is 2.19. The average molecular weight is 335 g/mol. The fraction of sp³-hybridized carbons (Fsp3) is 0.556. The molecule has 0 fully saturated rings. The third-order valence-corrected chi connectivity index (χ3v) is 3.82. The number of hydrogen-bond donors (Lipinski definition) is 1. The van der Waals surface area contributed by atoms with Gasteiger partial charge in [0, 0.05) is 19.3 Å². The molecule has 0 atom stereocenters. The van der Waals surface area contributed by atoms with E-state index in [0.29, 0.717) is 12.2 Å². The van der Waals surface area contributed by atoms with Gasteiger partial charge in [0.2, 0.25) is 11.8 Å². The summed E-state index contributed by atoms with van der Waals surface area (Å²) >= 11 is 0. The highest BCUT2D eigenvalue weighted by Crippen LogP contribution is 2.14. The number of unbranched alkanes of at least 4 members (excludes halogenated alkanes) is 1. The molecule has 0 aliphatic carbocycles. The van der Waals surface area contributed by atoms with E-state index in [-0.39, 0.29) is 24.9 Å². The van der Waals surface area contributed by atoms with Gasteiger partial charge in [-0.1, -0.05) is 20.3 Å². The number of hydrogen-bond acceptors (Lipinski definition) is 4. The number of methoxy groups -OCH3 is 1. The van der Waals surface area contributed by atoms with Crippen LogP contribution in [0.15, 0.2) is 24.3 Å². The molecule has 0 unspecified atom stereocenters. The van der Waals surface area contributed by atoms with Crippen molar-refractivity contribution in [3.8, 4) is 5.75 Å². The number of benzene rings is 1. The van der Waals surface area contributed by atoms with Crippen molar-refractivity contribution in [2.24, 2.45) is 0 Å². The van der Waals surface area contributed by atoms with Gasteiger partial charge in [-0.2, -0.15) is 0 Å². The molecule has 6 heteroatoms. The summed E-state index contributed by atoms with van der Waals surface area (Å²) in [4.78, 5) is 27.9. The first kappa shape index (κ1) is 20.0. The third kappa shape index (κ3) is 7.00. The average Bonchev–Trinajstić information content (AvgIpc) is 2.59. The van der Waals surface area contributed by atoms with Gasteiger partial charge in [0.1, 0.15) is 5.75 Å². The lowest BCUT2D eigenvalue weighted by molar-refractivity contribution is -0.131. The molecule has 24 heavy (non-hydrogen) atoms. The predicted octanol–water partition coefficient (Wildman–Crippen LogP) is 2.21. The Morgan fingerprint density at radius 3 is 2.33 bits per heavy atom. The Bertz CT molecular complexity index is 517. The normalized spacial score (nSPS) is 10.5. The van der Waals surface area contributed by atoms with E-state index in [0.717, 1.165) is 25.1 Å². The van der Waals surface area contributed by atoms with Gasteiger partial charge >= 0.3 is 0 Å². The number of amides is 2. The van der Waals surface area contributed by atoms with Crippen LogP contribution in [0.25, 0.3) is 0 Å². The number of nitrogens with one attached hydrogen (secondary N) is 1. The van der Waals surface area contributed by atoms with E-state index in [4.69, 9.17) is 4.74 Å². The Hall–Kier alpha value is -2.08. The van der Waals surface area contributed by atoms with E-state index in [1.165, 1.54) is 0 Å². The number of likely N-dealkylation sites (N-methyl/N-ethyl adjacent to an activating group) is 2. The van der Waals surface area contributed by atoms with Gasteiger partial charge in [0.15, 0.2) is 0 Å². The second-order valence-electron chi connectivity index (χ2n) is 5.75. The number of nitrogens with zero attached hydrogens (tertiary/aromatic N) is 2. The summed E-state index contributed by atoms with van der Waals surface area (Å²) in [5.41, 5.74) is 0.711. The van der Waals surface area contributed by atoms with Crippen molar-refractivity contribution in [2.75, 3.05) is 45.7 Å². The maximum Gasteiger partial charge on any atom is 0.238 e. The van der Waals surface area contributed by atoms with E-state index in [1.54, 1.807) is 36.3 Å². The van der Waals surface area contributed by atoms with Crippen molar-refractivity contribution in [2.45, 2.75) is 26.7 Å². The van der Waals surface area contributed by atoms with Crippen molar-refractivity contribution in [1.82, 2.24) is 9.80 Å². The summed E-state index contributed by atoms with van der Waals surface area (Å²) in [6.45, 7) is 5.89. The molecule has 134 valence electrons. The molecule has 1 N–H and O–H groups in total. The molecule has 1 aromatic carbocycles. The molecule has 0 heterocycles. The summed E-state index contributed by atoms with van der Waals surface area (Å²) < 4.78 is 5.09. The van der Waals surface area contributed by atoms with E-state index in [2.05, 4.69) is 12.2 Å². The third-order valence-electron chi connectivity index (χ3n) is 3.82. The lowest BCUT2D eigenvalue weighted by Gasteiger charge is -2.23. The van der Waals surface area contributed by atoms with Crippen molar-refractivity contribution in [3.63, 3.8) is 0 Å². The summed E-state index contributed by atoms with van der Waals surface area (Å²) in [6, 6.07) is 7.16. The van der Waals surface area contributed by atoms with Crippen LogP contribution < -0.4 is 10.1 Å². The Kier molecular flexibility index (Phi) is 8.86. The summed E-state index contributed by atoms with van der Waals surface area (Å²) in [5, 5.41) is 2.83. The monoisotopic (exact) mass is 335 g/mol. The van der Waals surface area contributed by atoms with Crippen molar-refractivity contribution in [1.29, 1.82) is 0 Å². The molecule has 0 saturated carbocycles. The zero-order valence-electron chi connectivity index (χ0n) is 15.2. The number of anilines is 1. The lowest BCUT2D eigenvalue weighted by atomic mass is 10.3. The Morgan fingerprint density at radius 2 is 1.79 bits per heavy atom. The van der Waals surface area contributed by atoms with Gasteiger partial charge in [-0.25, -0.2) is 0 Å². The van der Waals surface area contributed by atoms with Crippen LogP contribution in [0.3, 0.4) is 0 Å². The first-order chi connectivity index (χ1) is 11.5. The van der Waals surface area contributed by atoms with Crippen LogP contribution in [0.2, 0.25) is 0 Å². The molecular weight excluding hydrogens is 306 g/mol. The minimum atomic E-state index is -0.133. The minimum absolute atomic E-state index is 0.0440. The molecule has 0 aliphatic rings. The van der Waals surface area contributed by atoms with Crippen LogP contribution in [-0.2, 0) is 9.59 Å². The second kappa shape index (κ2) is 10.6. The predicted molar refractivity (Wildman–Crippen MR) is 96.3 cm³/mol. The lowest BCUT2D eigenvalue weighted by Crippen LogP contribution is -2.42. The standard InChI is InChI=1S/C18H29N3O3/c1-5-7-12-20(3)18(23)14-21(6-2)13-17(22)19-15-8-10-16(24-4)11-9-15/h8-11H,5-7,12-14H2,1-4H3,(H,19,22). The number of carbonyl (C=O) groups excluding carboxylic acids is 2. The molecule has 0 aliphatic heterocycles.